The molecule has 0 saturated carbocycles. The van der Waals surface area contributed by atoms with Crippen LogP contribution < -0.4 is 5.73 Å². The molecule has 0 aliphatic heterocycles. The highest BCUT2D eigenvalue weighted by atomic mass is 16.3. The number of benzene rings is 6. The van der Waals surface area contributed by atoms with Gasteiger partial charge in [0, 0.05) is 49.3 Å². The number of aromatic nitrogens is 2. The standard InChI is InChI=1S/C37H24N4O/c38-37(39)22-14-16-24(17-15-22)40-31-12-6-4-10-25(31)29-20-30-27-18-19-28-26-11-5-7-13-34(26)42-36(28)35(27)41(33(30)21-32(29)40)23-8-2-1-3-9-23/h1-21H,(H3,38,39). The minimum Gasteiger partial charge on any atom is -0.454 e. The largest absolute Gasteiger partial charge is 0.454 e. The molecule has 42 heavy (non-hydrogen) atoms. The van der Waals surface area contributed by atoms with Gasteiger partial charge >= 0.3 is 0 Å². The fourth-order valence-corrected chi connectivity index (χ4v) is 6.65. The summed E-state index contributed by atoms with van der Waals surface area (Å²) in [6.45, 7) is 0. The molecule has 3 aromatic heterocycles. The maximum absolute atomic E-state index is 7.84. The minimum absolute atomic E-state index is 0.0646. The van der Waals surface area contributed by atoms with Gasteiger partial charge in [0.05, 0.1) is 22.1 Å². The van der Waals surface area contributed by atoms with Gasteiger partial charge in [0.2, 0.25) is 0 Å². The average Bonchev–Trinajstić information content (AvgIpc) is 3.68. The molecule has 0 unspecified atom stereocenters. The Kier molecular flexibility index (Phi) is 4.56. The topological polar surface area (TPSA) is 72.9 Å². The van der Waals surface area contributed by atoms with Gasteiger partial charge in [0.1, 0.15) is 11.4 Å². The van der Waals surface area contributed by atoms with Crippen LogP contribution in [0.3, 0.4) is 0 Å². The van der Waals surface area contributed by atoms with E-state index in [0.717, 1.165) is 60.8 Å². The highest BCUT2D eigenvalue weighted by Gasteiger charge is 2.21. The molecule has 198 valence electrons. The molecule has 3 N–H and O–H groups in total. The van der Waals surface area contributed by atoms with Gasteiger partial charge in [-0.25, -0.2) is 0 Å². The second kappa shape index (κ2) is 8.35. The molecule has 0 aliphatic rings. The number of nitrogens with two attached hydrogens (primary N) is 1. The van der Waals surface area contributed by atoms with Crippen molar-refractivity contribution in [3.8, 4) is 11.4 Å². The first-order chi connectivity index (χ1) is 20.7. The SMILES string of the molecule is N=C(N)c1ccc(-n2c3ccccc3c3cc4c5ccc6c7ccccc7oc6c5n(-c5ccccc5)c4cc32)cc1. The van der Waals surface area contributed by atoms with E-state index >= 15 is 0 Å². The molecule has 6 aromatic carbocycles. The molecule has 0 aliphatic carbocycles. The lowest BCUT2D eigenvalue weighted by atomic mass is 10.1. The fourth-order valence-electron chi connectivity index (χ4n) is 6.65. The van der Waals surface area contributed by atoms with Crippen molar-refractivity contribution in [1.82, 2.24) is 9.13 Å². The van der Waals surface area contributed by atoms with Crippen molar-refractivity contribution in [2.75, 3.05) is 0 Å². The number of hydrogen-bond acceptors (Lipinski definition) is 2. The molecule has 0 amide bonds. The zero-order valence-electron chi connectivity index (χ0n) is 22.5. The van der Waals surface area contributed by atoms with Gasteiger partial charge in [-0.15, -0.1) is 0 Å². The van der Waals surface area contributed by atoms with Gasteiger partial charge in [-0.3, -0.25) is 5.41 Å². The van der Waals surface area contributed by atoms with E-state index < -0.39 is 0 Å². The van der Waals surface area contributed by atoms with E-state index in [-0.39, 0.29) is 5.84 Å². The van der Waals surface area contributed by atoms with Crippen LogP contribution in [0.2, 0.25) is 0 Å². The fraction of sp³-hybridized carbons (Fsp3) is 0. The number of nitrogen functional groups attached to an aromatic ring is 1. The first-order valence-corrected chi connectivity index (χ1v) is 14.0. The molecule has 0 fully saturated rings. The van der Waals surface area contributed by atoms with Gasteiger partial charge in [-0.05, 0) is 66.7 Å². The summed E-state index contributed by atoms with van der Waals surface area (Å²) in [7, 11) is 0. The average molecular weight is 541 g/mol. The Morgan fingerprint density at radius 2 is 1.17 bits per heavy atom. The minimum atomic E-state index is 0.0646. The lowest BCUT2D eigenvalue weighted by Gasteiger charge is -2.10. The number of nitrogens with zero attached hydrogens (tertiary/aromatic N) is 2. The molecular formula is C37H24N4O. The summed E-state index contributed by atoms with van der Waals surface area (Å²) in [6.07, 6.45) is 0. The summed E-state index contributed by atoms with van der Waals surface area (Å²) in [6, 6.07) is 44.3. The maximum atomic E-state index is 7.84. The van der Waals surface area contributed by atoms with Crippen molar-refractivity contribution < 1.29 is 4.42 Å². The van der Waals surface area contributed by atoms with E-state index in [2.05, 4.69) is 100 Å². The van der Waals surface area contributed by atoms with E-state index in [0.29, 0.717) is 5.56 Å². The Balaban J connectivity index is 1.47. The highest BCUT2D eigenvalue weighted by Crippen LogP contribution is 2.43. The first-order valence-electron chi connectivity index (χ1n) is 14.0. The molecule has 0 bridgehead atoms. The van der Waals surface area contributed by atoms with E-state index in [9.17, 15) is 0 Å². The zero-order chi connectivity index (χ0) is 27.9. The van der Waals surface area contributed by atoms with Gasteiger partial charge < -0.3 is 19.3 Å². The van der Waals surface area contributed by atoms with E-state index in [1.54, 1.807) is 0 Å². The van der Waals surface area contributed by atoms with Gasteiger partial charge in [-0.2, -0.15) is 0 Å². The smallest absolute Gasteiger partial charge is 0.160 e. The molecule has 3 heterocycles. The van der Waals surface area contributed by atoms with Crippen LogP contribution in [0.1, 0.15) is 5.56 Å². The lowest BCUT2D eigenvalue weighted by molar-refractivity contribution is 0.671. The second-order valence-corrected chi connectivity index (χ2v) is 10.8. The highest BCUT2D eigenvalue weighted by molar-refractivity contribution is 6.24. The summed E-state index contributed by atoms with van der Waals surface area (Å²) in [5.41, 5.74) is 14.8. The second-order valence-electron chi connectivity index (χ2n) is 10.8. The monoisotopic (exact) mass is 540 g/mol. The Labute approximate surface area is 240 Å². The normalized spacial score (nSPS) is 12.0. The zero-order valence-corrected chi connectivity index (χ0v) is 22.5. The van der Waals surface area contributed by atoms with Crippen LogP contribution in [-0.4, -0.2) is 15.0 Å². The Bertz CT molecular complexity index is 2530. The molecule has 9 rings (SSSR count). The van der Waals surface area contributed by atoms with Crippen molar-refractivity contribution in [3.05, 3.63) is 133 Å². The van der Waals surface area contributed by atoms with Crippen LogP contribution in [-0.2, 0) is 0 Å². The predicted octanol–water partition coefficient (Wildman–Crippen LogP) is 9.06. The summed E-state index contributed by atoms with van der Waals surface area (Å²) in [5, 5.41) is 14.8. The van der Waals surface area contributed by atoms with Crippen LogP contribution in [0.4, 0.5) is 0 Å². The third-order valence-electron chi connectivity index (χ3n) is 8.52. The number of amidine groups is 1. The molecule has 0 spiro atoms. The third-order valence-corrected chi connectivity index (χ3v) is 8.52. The number of rotatable bonds is 3. The van der Waals surface area contributed by atoms with Crippen LogP contribution in [0, 0.1) is 5.41 Å². The van der Waals surface area contributed by atoms with E-state index in [1.165, 1.54) is 16.2 Å². The Morgan fingerprint density at radius 3 is 1.98 bits per heavy atom. The van der Waals surface area contributed by atoms with Crippen molar-refractivity contribution in [2.24, 2.45) is 5.73 Å². The van der Waals surface area contributed by atoms with Crippen LogP contribution in [0.5, 0.6) is 0 Å². The van der Waals surface area contributed by atoms with Crippen LogP contribution in [0.25, 0.3) is 76.9 Å². The molecule has 0 atom stereocenters. The maximum Gasteiger partial charge on any atom is 0.160 e. The van der Waals surface area contributed by atoms with Gasteiger partial charge in [0.15, 0.2) is 5.58 Å². The lowest BCUT2D eigenvalue weighted by Crippen LogP contribution is -2.10. The Hall–Kier alpha value is -5.81. The number of hydrogen-bond donors (Lipinski definition) is 2. The van der Waals surface area contributed by atoms with E-state index in [4.69, 9.17) is 15.6 Å². The molecule has 0 saturated heterocycles. The molecule has 9 aromatic rings. The number of nitrogens with one attached hydrogen (secondary N) is 1. The van der Waals surface area contributed by atoms with Gasteiger partial charge in [-0.1, -0.05) is 60.7 Å². The third kappa shape index (κ3) is 3.05. The summed E-state index contributed by atoms with van der Waals surface area (Å²) < 4.78 is 11.2. The summed E-state index contributed by atoms with van der Waals surface area (Å²) in [4.78, 5) is 0. The Morgan fingerprint density at radius 1 is 0.524 bits per heavy atom. The van der Waals surface area contributed by atoms with Crippen LogP contribution >= 0.6 is 0 Å². The van der Waals surface area contributed by atoms with E-state index in [1.807, 2.05) is 36.4 Å². The molecule has 0 radical (unpaired) electrons. The predicted molar refractivity (Wildman–Crippen MR) is 173 cm³/mol. The first kappa shape index (κ1) is 22.9. The molecular weight excluding hydrogens is 516 g/mol. The van der Waals surface area contributed by atoms with Gasteiger partial charge in [0.25, 0.3) is 0 Å². The van der Waals surface area contributed by atoms with Crippen LogP contribution in [0.15, 0.2) is 132 Å². The quantitative estimate of drug-likeness (QED) is 0.173. The van der Waals surface area contributed by atoms with Crippen molar-refractivity contribution in [2.45, 2.75) is 0 Å². The number of furan rings is 1. The summed E-state index contributed by atoms with van der Waals surface area (Å²) >= 11 is 0. The van der Waals surface area contributed by atoms with Crippen molar-refractivity contribution >= 4 is 71.4 Å². The number of para-hydroxylation sites is 3. The number of fused-ring (bicyclic) bond motifs is 10. The van der Waals surface area contributed by atoms with Crippen molar-refractivity contribution in [3.63, 3.8) is 0 Å². The van der Waals surface area contributed by atoms with Crippen molar-refractivity contribution in [1.29, 1.82) is 5.41 Å². The summed E-state index contributed by atoms with van der Waals surface area (Å²) in [5.74, 6) is 0.0646. The molecule has 5 heteroatoms. The molecule has 5 nitrogen and oxygen atoms in total.